The fourth-order valence-electron chi connectivity index (χ4n) is 3.75. The minimum atomic E-state index is -0.528. The number of aryl methyl sites for hydroxylation is 1. The van der Waals surface area contributed by atoms with Gasteiger partial charge < -0.3 is 4.57 Å². The zero-order chi connectivity index (χ0) is 22.1. The minimum absolute atomic E-state index is 0.0288. The highest BCUT2D eigenvalue weighted by atomic mass is 32.2. The van der Waals surface area contributed by atoms with Crippen molar-refractivity contribution in [3.63, 3.8) is 0 Å². The number of benzene rings is 2. The van der Waals surface area contributed by atoms with Crippen LogP contribution in [0.4, 0.5) is 4.39 Å². The number of nitrogens with zero attached hydrogens (tertiary/aromatic N) is 3. The maximum Gasteiger partial charge on any atom is 0.263 e. The smallest absolute Gasteiger partial charge is 0.263 e. The van der Waals surface area contributed by atoms with E-state index in [9.17, 15) is 14.0 Å². The largest absolute Gasteiger partial charge is 0.328 e. The highest BCUT2D eigenvalue weighted by molar-refractivity contribution is 7.98. The molecule has 4 rings (SSSR count). The third-order valence-electron chi connectivity index (χ3n) is 5.32. The first-order valence-corrected chi connectivity index (χ1v) is 11.2. The van der Waals surface area contributed by atoms with Crippen LogP contribution in [0.1, 0.15) is 34.0 Å². The average Bonchev–Trinajstić information content (AvgIpc) is 3.09. The van der Waals surface area contributed by atoms with Crippen LogP contribution in [-0.4, -0.2) is 26.2 Å². The summed E-state index contributed by atoms with van der Waals surface area (Å²) in [5, 5.41) is 1.32. The zero-order valence-corrected chi connectivity index (χ0v) is 18.4. The van der Waals surface area contributed by atoms with E-state index in [1.807, 2.05) is 43.0 Å². The number of thioether (sulfide) groups is 1. The fraction of sp³-hybridized carbons (Fsp3) is 0.208. The summed E-state index contributed by atoms with van der Waals surface area (Å²) in [6.45, 7) is 4.93. The van der Waals surface area contributed by atoms with Crippen molar-refractivity contribution in [1.82, 2.24) is 14.1 Å². The molecule has 0 atom stereocenters. The lowest BCUT2D eigenvalue weighted by atomic mass is 10.0. The van der Waals surface area contributed by atoms with E-state index in [1.54, 1.807) is 28.8 Å². The Labute approximate surface area is 183 Å². The molecule has 0 saturated heterocycles. The molecule has 0 saturated carbocycles. The standard InChI is InChI=1S/C24H22FN3O2S/c1-4-28-23(30)20-15(2)13-27(22(20)26-24(28)31-3)14-16-9-11-17(12-10-16)21(29)18-7-5-6-8-19(18)25/h5-13H,4,14H2,1-3H3. The molecule has 2 aromatic heterocycles. The Morgan fingerprint density at radius 1 is 1.13 bits per heavy atom. The van der Waals surface area contributed by atoms with E-state index < -0.39 is 5.82 Å². The molecule has 2 aromatic carbocycles. The number of rotatable bonds is 6. The van der Waals surface area contributed by atoms with Crippen molar-refractivity contribution in [3.05, 3.63) is 93.2 Å². The number of fused-ring (bicyclic) bond motifs is 1. The molecule has 5 nitrogen and oxygen atoms in total. The molecule has 0 unspecified atom stereocenters. The van der Waals surface area contributed by atoms with Gasteiger partial charge >= 0.3 is 0 Å². The molecule has 0 N–H and O–H groups in total. The number of carbonyl (C=O) groups excluding carboxylic acids is 1. The molecular weight excluding hydrogens is 413 g/mol. The van der Waals surface area contributed by atoms with E-state index in [0.29, 0.717) is 34.8 Å². The van der Waals surface area contributed by atoms with Gasteiger partial charge in [0.1, 0.15) is 11.5 Å². The van der Waals surface area contributed by atoms with Gasteiger partial charge in [-0.3, -0.25) is 14.2 Å². The first-order chi connectivity index (χ1) is 14.9. The predicted octanol–water partition coefficient (Wildman–Crippen LogP) is 4.67. The third kappa shape index (κ3) is 3.81. The molecule has 0 aliphatic carbocycles. The van der Waals surface area contributed by atoms with Crippen LogP contribution >= 0.6 is 11.8 Å². The molecule has 4 aromatic rings. The van der Waals surface area contributed by atoms with Crippen molar-refractivity contribution in [3.8, 4) is 0 Å². The minimum Gasteiger partial charge on any atom is -0.328 e. The van der Waals surface area contributed by atoms with E-state index in [-0.39, 0.29) is 16.9 Å². The molecule has 0 bridgehead atoms. The van der Waals surface area contributed by atoms with Crippen molar-refractivity contribution in [2.24, 2.45) is 0 Å². The molecule has 2 heterocycles. The van der Waals surface area contributed by atoms with Crippen LogP contribution in [0.5, 0.6) is 0 Å². The Kier molecular flexibility index (Phi) is 5.78. The van der Waals surface area contributed by atoms with Gasteiger partial charge in [-0.1, -0.05) is 48.2 Å². The molecular formula is C24H22FN3O2S. The molecule has 0 aliphatic rings. The van der Waals surface area contributed by atoms with E-state index >= 15 is 0 Å². The second-order valence-corrected chi connectivity index (χ2v) is 8.07. The molecule has 0 spiro atoms. The summed E-state index contributed by atoms with van der Waals surface area (Å²) in [7, 11) is 0. The maximum absolute atomic E-state index is 13.9. The Bertz CT molecular complexity index is 1340. The lowest BCUT2D eigenvalue weighted by molar-refractivity contribution is 0.103. The first-order valence-electron chi connectivity index (χ1n) is 9.97. The number of aromatic nitrogens is 3. The molecule has 0 aliphatic heterocycles. The monoisotopic (exact) mass is 435 g/mol. The molecule has 31 heavy (non-hydrogen) atoms. The molecule has 0 fully saturated rings. The summed E-state index contributed by atoms with van der Waals surface area (Å²) in [6, 6.07) is 13.1. The maximum atomic E-state index is 13.9. The molecule has 7 heteroatoms. The third-order valence-corrected chi connectivity index (χ3v) is 5.99. The Balaban J connectivity index is 1.67. The van der Waals surface area contributed by atoms with E-state index in [4.69, 9.17) is 4.98 Å². The van der Waals surface area contributed by atoms with Crippen LogP contribution in [0.15, 0.2) is 64.7 Å². The summed E-state index contributed by atoms with van der Waals surface area (Å²) in [6.07, 6.45) is 3.84. The SMILES string of the molecule is CCn1c(SC)nc2c(c(C)cn2Cc2ccc(C(=O)c3ccccc3F)cc2)c1=O. The molecule has 0 radical (unpaired) electrons. The quantitative estimate of drug-likeness (QED) is 0.251. The Morgan fingerprint density at radius 2 is 1.84 bits per heavy atom. The van der Waals surface area contributed by atoms with Crippen LogP contribution in [0.25, 0.3) is 11.0 Å². The van der Waals surface area contributed by atoms with Gasteiger partial charge in [0.05, 0.1) is 10.9 Å². The first kappa shape index (κ1) is 21.1. The summed E-state index contributed by atoms with van der Waals surface area (Å²) in [5.74, 6) is -0.877. The van der Waals surface area contributed by atoms with E-state index in [2.05, 4.69) is 0 Å². The average molecular weight is 436 g/mol. The second-order valence-electron chi connectivity index (χ2n) is 7.29. The Morgan fingerprint density at radius 3 is 2.48 bits per heavy atom. The highest BCUT2D eigenvalue weighted by Gasteiger charge is 2.17. The highest BCUT2D eigenvalue weighted by Crippen LogP contribution is 2.21. The number of carbonyl (C=O) groups is 1. The van der Waals surface area contributed by atoms with Crippen molar-refractivity contribution in [2.45, 2.75) is 32.1 Å². The van der Waals surface area contributed by atoms with Gasteiger partial charge in [0.25, 0.3) is 5.56 Å². The van der Waals surface area contributed by atoms with E-state index in [0.717, 1.165) is 11.1 Å². The topological polar surface area (TPSA) is 56.9 Å². The predicted molar refractivity (Wildman–Crippen MR) is 122 cm³/mol. The number of halogens is 1. The van der Waals surface area contributed by atoms with Gasteiger partial charge in [-0.2, -0.15) is 0 Å². The van der Waals surface area contributed by atoms with Gasteiger partial charge in [0, 0.05) is 24.8 Å². The normalized spacial score (nSPS) is 11.2. The van der Waals surface area contributed by atoms with Crippen molar-refractivity contribution in [2.75, 3.05) is 6.26 Å². The number of hydrogen-bond acceptors (Lipinski definition) is 4. The summed E-state index contributed by atoms with van der Waals surface area (Å²) < 4.78 is 17.6. The van der Waals surface area contributed by atoms with Crippen molar-refractivity contribution >= 4 is 28.6 Å². The Hall–Kier alpha value is -3.19. The number of ketones is 1. The van der Waals surface area contributed by atoms with E-state index in [1.165, 1.54) is 23.9 Å². The van der Waals surface area contributed by atoms with Crippen molar-refractivity contribution in [1.29, 1.82) is 0 Å². The molecule has 158 valence electrons. The summed E-state index contributed by atoms with van der Waals surface area (Å²) in [4.78, 5) is 30.3. The lowest BCUT2D eigenvalue weighted by Crippen LogP contribution is -2.22. The van der Waals surface area contributed by atoms with Crippen molar-refractivity contribution < 1.29 is 9.18 Å². The lowest BCUT2D eigenvalue weighted by Gasteiger charge is -2.10. The van der Waals surface area contributed by atoms with Crippen LogP contribution in [0, 0.1) is 12.7 Å². The van der Waals surface area contributed by atoms with Gasteiger partial charge in [0.15, 0.2) is 10.9 Å². The van der Waals surface area contributed by atoms with Crippen LogP contribution < -0.4 is 5.56 Å². The summed E-state index contributed by atoms with van der Waals surface area (Å²) >= 11 is 1.45. The second kappa shape index (κ2) is 8.51. The number of hydrogen-bond donors (Lipinski definition) is 0. The van der Waals surface area contributed by atoms with Crippen LogP contribution in [0.3, 0.4) is 0 Å². The van der Waals surface area contributed by atoms with Gasteiger partial charge in [0.2, 0.25) is 0 Å². The van der Waals surface area contributed by atoms with Crippen LogP contribution in [0.2, 0.25) is 0 Å². The molecule has 0 amide bonds. The van der Waals surface area contributed by atoms with Crippen LogP contribution in [-0.2, 0) is 13.1 Å². The van der Waals surface area contributed by atoms with Gasteiger partial charge in [-0.25, -0.2) is 9.37 Å². The van der Waals surface area contributed by atoms with Gasteiger partial charge in [-0.05, 0) is 43.4 Å². The zero-order valence-electron chi connectivity index (χ0n) is 17.6. The van der Waals surface area contributed by atoms with Gasteiger partial charge in [-0.15, -0.1) is 0 Å². The fourth-order valence-corrected chi connectivity index (χ4v) is 4.36. The summed E-state index contributed by atoms with van der Waals surface area (Å²) in [5.41, 5.74) is 2.95.